The van der Waals surface area contributed by atoms with Crippen LogP contribution in [0.25, 0.3) is 11.1 Å². The maximum Gasteiger partial charge on any atom is -0.0383 e. The predicted octanol–water partition coefficient (Wildman–Crippen LogP) is 8.31. The summed E-state index contributed by atoms with van der Waals surface area (Å²) in [7, 11) is 0. The minimum atomic E-state index is -0.599. The molecule has 7 aromatic rings. The fraction of sp³-hybridized carbons (Fsp3) is 0.0263. The second kappa shape index (κ2) is 10.7. The Labute approximate surface area is 270 Å². The quantitative estimate of drug-likeness (QED) is 0.169. The van der Waals surface area contributed by atoms with Gasteiger partial charge in [0, 0.05) is 0 Å². The molecular formula is C38H26N4O2Te. The third-order valence-corrected chi connectivity index (χ3v) is 11.4. The molecule has 0 spiro atoms. The van der Waals surface area contributed by atoms with E-state index < -0.39 is 20.9 Å². The van der Waals surface area contributed by atoms with E-state index in [0.29, 0.717) is 6.01 Å². The van der Waals surface area contributed by atoms with E-state index in [4.69, 9.17) is 14.1 Å². The second-order valence-electron chi connectivity index (χ2n) is 10.9. The Morgan fingerprint density at radius 3 is 2.07 bits per heavy atom. The van der Waals surface area contributed by atoms with Gasteiger partial charge in [0.15, 0.2) is 0 Å². The van der Waals surface area contributed by atoms with Gasteiger partial charge in [-0.1, -0.05) is 24.3 Å². The van der Waals surface area contributed by atoms with Crippen LogP contribution in [-0.4, -0.2) is 32.6 Å². The van der Waals surface area contributed by atoms with Gasteiger partial charge in [0.2, 0.25) is 0 Å². The first-order chi connectivity index (χ1) is 22.3. The fourth-order valence-electron chi connectivity index (χ4n) is 6.07. The smallest absolute Gasteiger partial charge is 0.0383 e. The van der Waals surface area contributed by atoms with E-state index in [1.165, 1.54) is 24.3 Å². The Hall–Kier alpha value is -5.22. The molecule has 6 nitrogen and oxygen atoms in total. The Bertz CT molecular complexity index is 2170. The van der Waals surface area contributed by atoms with Gasteiger partial charge < -0.3 is 0 Å². The number of hydrogen-bond donors (Lipinski definition) is 0. The summed E-state index contributed by atoms with van der Waals surface area (Å²) in [5.41, 5.74) is 8.39. The van der Waals surface area contributed by atoms with Gasteiger partial charge in [-0.05, 0) is 12.1 Å². The van der Waals surface area contributed by atoms with Crippen molar-refractivity contribution in [3.8, 4) is 11.5 Å². The molecule has 0 fully saturated rings. The number of anilines is 7. The molecule has 0 unspecified atom stereocenters. The van der Waals surface area contributed by atoms with Crippen LogP contribution in [-0.2, 0) is 0 Å². The minimum absolute atomic E-state index is 0.562. The summed E-state index contributed by atoms with van der Waals surface area (Å²) < 4.78 is 15.5. The van der Waals surface area contributed by atoms with Gasteiger partial charge in [0.25, 0.3) is 0 Å². The number of oxazole rings is 1. The molecule has 0 amide bonds. The third kappa shape index (κ3) is 4.60. The average Bonchev–Trinajstić information content (AvgIpc) is 3.70. The van der Waals surface area contributed by atoms with Crippen LogP contribution >= 0.6 is 0 Å². The number of aromatic nitrogens is 1. The zero-order chi connectivity index (χ0) is 29.7. The normalized spacial score (nSPS) is 13.5. The molecule has 0 saturated heterocycles. The molecule has 2 aliphatic heterocycles. The standard InChI is InChI=1S/C38H26N4O2Te/c1-2-11-26(12-3-1)40-25-41(32-17-6-5-16-31(32)40)27-13-10-14-28(23-27)43-29-21-22-37-34(24-29)42(33-18-7-9-20-36(33)45-37)38-39-30-15-4-8-19-35(30)44-38/h1-24H,25H2. The number of para-hydroxylation sites is 6. The van der Waals surface area contributed by atoms with Crippen LogP contribution in [0.1, 0.15) is 0 Å². The Morgan fingerprint density at radius 2 is 1.22 bits per heavy atom. The topological polar surface area (TPSA) is 45.0 Å². The summed E-state index contributed by atoms with van der Waals surface area (Å²) in [5, 5.41) is 0. The van der Waals surface area contributed by atoms with Crippen molar-refractivity contribution in [1.29, 1.82) is 0 Å². The van der Waals surface area contributed by atoms with Crippen molar-refractivity contribution in [3.63, 3.8) is 0 Å². The van der Waals surface area contributed by atoms with Crippen molar-refractivity contribution >= 4 is 79.4 Å². The van der Waals surface area contributed by atoms with Gasteiger partial charge in [-0.3, -0.25) is 0 Å². The van der Waals surface area contributed by atoms with Gasteiger partial charge in [-0.15, -0.1) is 0 Å². The molecule has 1 aromatic heterocycles. The van der Waals surface area contributed by atoms with Gasteiger partial charge >= 0.3 is 236 Å². The molecule has 0 radical (unpaired) electrons. The van der Waals surface area contributed by atoms with Crippen molar-refractivity contribution in [2.75, 3.05) is 21.4 Å². The Morgan fingerprint density at radius 1 is 0.556 bits per heavy atom. The summed E-state index contributed by atoms with van der Waals surface area (Å²) in [6.45, 7) is 0.717. The van der Waals surface area contributed by atoms with Crippen molar-refractivity contribution in [1.82, 2.24) is 4.98 Å². The van der Waals surface area contributed by atoms with Crippen molar-refractivity contribution in [3.05, 3.63) is 146 Å². The number of hydrogen-bond acceptors (Lipinski definition) is 6. The van der Waals surface area contributed by atoms with E-state index in [2.05, 4.69) is 130 Å². The molecule has 0 N–H and O–H groups in total. The summed E-state index contributed by atoms with van der Waals surface area (Å²) in [4.78, 5) is 11.7. The zero-order valence-electron chi connectivity index (χ0n) is 24.1. The van der Waals surface area contributed by atoms with E-state index >= 15 is 0 Å². The number of ether oxygens (including phenoxy) is 1. The largest absolute Gasteiger partial charge is 0.0602 e. The molecule has 6 aromatic carbocycles. The van der Waals surface area contributed by atoms with Gasteiger partial charge in [0.05, 0.1) is 0 Å². The van der Waals surface area contributed by atoms with E-state index in [-0.39, 0.29) is 0 Å². The molecule has 9 rings (SSSR count). The molecule has 0 aliphatic carbocycles. The summed E-state index contributed by atoms with van der Waals surface area (Å²) >= 11 is -0.599. The number of benzene rings is 6. The van der Waals surface area contributed by atoms with E-state index in [0.717, 1.165) is 46.3 Å². The van der Waals surface area contributed by atoms with Crippen LogP contribution in [0, 0.1) is 0 Å². The van der Waals surface area contributed by atoms with Crippen LogP contribution in [0.5, 0.6) is 11.5 Å². The molecule has 2 aliphatic rings. The zero-order valence-corrected chi connectivity index (χ0v) is 26.4. The number of rotatable bonds is 5. The minimum Gasteiger partial charge on any atom is -0.0602 e. The summed E-state index contributed by atoms with van der Waals surface area (Å²) in [5.74, 6) is 1.55. The van der Waals surface area contributed by atoms with E-state index in [1.807, 2.05) is 30.3 Å². The molecule has 3 heterocycles. The monoisotopic (exact) mass is 700 g/mol. The first kappa shape index (κ1) is 26.2. The van der Waals surface area contributed by atoms with Crippen LogP contribution in [0.4, 0.5) is 40.1 Å². The SMILES string of the molecule is c1ccc(N2CN(c3cccc(Oc4ccc5c(c4)N(c4nc6ccccc6o4)c4ccccc4[Te]5)c3)c3ccccc32)cc1. The van der Waals surface area contributed by atoms with E-state index in [1.54, 1.807) is 0 Å². The summed E-state index contributed by atoms with van der Waals surface area (Å²) in [6, 6.07) is 50.9. The molecule has 7 heteroatoms. The van der Waals surface area contributed by atoms with E-state index in [9.17, 15) is 0 Å². The third-order valence-electron chi connectivity index (χ3n) is 8.15. The molecule has 45 heavy (non-hydrogen) atoms. The molecule has 216 valence electrons. The number of fused-ring (bicyclic) bond motifs is 4. The van der Waals surface area contributed by atoms with Crippen molar-refractivity contribution in [2.45, 2.75) is 0 Å². The van der Waals surface area contributed by atoms with Crippen LogP contribution < -0.4 is 26.7 Å². The van der Waals surface area contributed by atoms with Crippen molar-refractivity contribution in [2.24, 2.45) is 0 Å². The maximum atomic E-state index is 6.57. The first-order valence-corrected chi connectivity index (χ1v) is 17.2. The number of nitrogens with zero attached hydrogens (tertiary/aromatic N) is 4. The Kier molecular flexibility index (Phi) is 6.26. The second-order valence-corrected chi connectivity index (χ2v) is 14.0. The van der Waals surface area contributed by atoms with Crippen LogP contribution in [0.3, 0.4) is 0 Å². The maximum absolute atomic E-state index is 6.57. The molecule has 0 bridgehead atoms. The van der Waals surface area contributed by atoms with Gasteiger partial charge in [0.1, 0.15) is 0 Å². The molecule has 0 atom stereocenters. The van der Waals surface area contributed by atoms with Crippen LogP contribution in [0.2, 0.25) is 0 Å². The molecule has 0 saturated carbocycles. The molecular weight excluding hydrogens is 672 g/mol. The predicted molar refractivity (Wildman–Crippen MR) is 182 cm³/mol. The van der Waals surface area contributed by atoms with Crippen molar-refractivity contribution < 1.29 is 9.15 Å². The average molecular weight is 698 g/mol. The first-order valence-electron chi connectivity index (χ1n) is 14.8. The van der Waals surface area contributed by atoms with Crippen LogP contribution in [0.15, 0.2) is 150 Å². The summed E-state index contributed by atoms with van der Waals surface area (Å²) in [6.07, 6.45) is 0. The van der Waals surface area contributed by atoms with Gasteiger partial charge in [-0.25, -0.2) is 0 Å². The van der Waals surface area contributed by atoms with Gasteiger partial charge in [-0.2, -0.15) is 0 Å². The Balaban J connectivity index is 1.06. The fourth-order valence-corrected chi connectivity index (χ4v) is 9.04.